The Labute approximate surface area is 141 Å². The van der Waals surface area contributed by atoms with Crippen LogP contribution in [0.15, 0.2) is 73.3 Å². The van der Waals surface area contributed by atoms with E-state index >= 15 is 0 Å². The third-order valence-corrected chi connectivity index (χ3v) is 3.92. The van der Waals surface area contributed by atoms with Crippen molar-refractivity contribution in [2.75, 3.05) is 5.73 Å². The van der Waals surface area contributed by atoms with Crippen LogP contribution in [0.25, 0.3) is 29.4 Å². The quantitative estimate of drug-likeness (QED) is 0.471. The number of nitrogens with two attached hydrogens (primary N) is 1. The van der Waals surface area contributed by atoms with Crippen LogP contribution < -0.4 is 5.73 Å². The van der Waals surface area contributed by atoms with Crippen molar-refractivity contribution in [1.82, 2.24) is 0 Å². The van der Waals surface area contributed by atoms with Crippen molar-refractivity contribution >= 4 is 23.9 Å². The predicted molar refractivity (Wildman–Crippen MR) is 102 cm³/mol. The largest absolute Gasteiger partial charge is 0.398 e. The second-order valence-electron chi connectivity index (χ2n) is 5.48. The van der Waals surface area contributed by atoms with Gasteiger partial charge in [-0.1, -0.05) is 73.3 Å². The first-order chi connectivity index (χ1) is 11.7. The summed E-state index contributed by atoms with van der Waals surface area (Å²) in [4.78, 5) is 0. The topological polar surface area (TPSA) is 26.0 Å². The molecule has 2 heteroatoms. The fourth-order valence-corrected chi connectivity index (χ4v) is 2.68. The van der Waals surface area contributed by atoms with Gasteiger partial charge in [-0.25, -0.2) is 4.39 Å². The predicted octanol–water partition coefficient (Wildman–Crippen LogP) is 5.89. The van der Waals surface area contributed by atoms with Gasteiger partial charge in [-0.2, -0.15) is 0 Å². The van der Waals surface area contributed by atoms with Crippen LogP contribution in [0.1, 0.15) is 16.7 Å². The molecule has 0 radical (unpaired) electrons. The number of benzene rings is 3. The molecule has 0 aliphatic heterocycles. The molecule has 3 rings (SSSR count). The number of rotatable bonds is 4. The first-order valence-electron chi connectivity index (χ1n) is 7.73. The molecule has 0 aliphatic rings. The Bertz CT molecular complexity index is 878. The molecule has 0 bridgehead atoms. The summed E-state index contributed by atoms with van der Waals surface area (Å²) in [7, 11) is 0. The van der Waals surface area contributed by atoms with Crippen LogP contribution in [0.3, 0.4) is 0 Å². The van der Waals surface area contributed by atoms with E-state index in [1.165, 1.54) is 12.1 Å². The highest BCUT2D eigenvalue weighted by Gasteiger charge is 2.09. The van der Waals surface area contributed by atoms with E-state index < -0.39 is 0 Å². The van der Waals surface area contributed by atoms with Crippen LogP contribution in [0, 0.1) is 5.82 Å². The van der Waals surface area contributed by atoms with Gasteiger partial charge in [0.05, 0.1) is 0 Å². The second-order valence-corrected chi connectivity index (χ2v) is 5.48. The molecule has 0 saturated heterocycles. The van der Waals surface area contributed by atoms with Gasteiger partial charge in [0.2, 0.25) is 0 Å². The van der Waals surface area contributed by atoms with Crippen LogP contribution in [0.2, 0.25) is 0 Å². The van der Waals surface area contributed by atoms with Gasteiger partial charge in [0.1, 0.15) is 5.82 Å². The standard InChI is InChI=1S/C22H18FN/c1-2-19-20(17-9-11-18(23)12-10-17)14-15-22(24)21(19)13-8-16-6-4-3-5-7-16/h2-15H,1,24H2. The number of hydrogen-bond donors (Lipinski definition) is 1. The molecule has 0 aromatic heterocycles. The number of hydrogen-bond acceptors (Lipinski definition) is 1. The van der Waals surface area contributed by atoms with E-state index in [0.29, 0.717) is 5.69 Å². The van der Waals surface area contributed by atoms with Crippen LogP contribution in [0.4, 0.5) is 10.1 Å². The SMILES string of the molecule is C=Cc1c(-c2ccc(F)cc2)ccc(N)c1C=Cc1ccccc1. The summed E-state index contributed by atoms with van der Waals surface area (Å²) in [5.41, 5.74) is 11.7. The van der Waals surface area contributed by atoms with Gasteiger partial charge in [-0.3, -0.25) is 0 Å². The maximum absolute atomic E-state index is 13.2. The summed E-state index contributed by atoms with van der Waals surface area (Å²) in [5.74, 6) is -0.251. The monoisotopic (exact) mass is 315 g/mol. The smallest absolute Gasteiger partial charge is 0.123 e. The minimum atomic E-state index is -0.251. The Morgan fingerprint density at radius 2 is 1.50 bits per heavy atom. The summed E-state index contributed by atoms with van der Waals surface area (Å²) in [6.07, 6.45) is 5.81. The summed E-state index contributed by atoms with van der Waals surface area (Å²) < 4.78 is 13.2. The van der Waals surface area contributed by atoms with Crippen LogP contribution in [-0.4, -0.2) is 0 Å². The highest BCUT2D eigenvalue weighted by molar-refractivity contribution is 5.88. The molecule has 0 aliphatic carbocycles. The number of anilines is 1. The third-order valence-electron chi connectivity index (χ3n) is 3.92. The van der Waals surface area contributed by atoms with Gasteiger partial charge in [0, 0.05) is 11.3 Å². The minimum absolute atomic E-state index is 0.251. The summed E-state index contributed by atoms with van der Waals surface area (Å²) in [6.45, 7) is 3.93. The summed E-state index contributed by atoms with van der Waals surface area (Å²) in [5, 5.41) is 0. The highest BCUT2D eigenvalue weighted by atomic mass is 19.1. The molecule has 24 heavy (non-hydrogen) atoms. The van der Waals surface area contributed by atoms with Crippen molar-refractivity contribution in [2.24, 2.45) is 0 Å². The normalized spacial score (nSPS) is 10.9. The second kappa shape index (κ2) is 6.97. The Morgan fingerprint density at radius 1 is 0.792 bits per heavy atom. The van der Waals surface area contributed by atoms with Crippen molar-refractivity contribution in [3.05, 3.63) is 95.8 Å². The highest BCUT2D eigenvalue weighted by Crippen LogP contribution is 2.32. The first kappa shape index (κ1) is 15.8. The lowest BCUT2D eigenvalue weighted by Crippen LogP contribution is -1.95. The molecular formula is C22H18FN. The zero-order chi connectivity index (χ0) is 16.9. The minimum Gasteiger partial charge on any atom is -0.398 e. The molecule has 0 unspecified atom stereocenters. The molecule has 0 atom stereocenters. The molecule has 0 fully saturated rings. The van der Waals surface area contributed by atoms with E-state index in [0.717, 1.165) is 27.8 Å². The van der Waals surface area contributed by atoms with Gasteiger partial charge < -0.3 is 5.73 Å². The maximum Gasteiger partial charge on any atom is 0.123 e. The molecule has 0 heterocycles. The fourth-order valence-electron chi connectivity index (χ4n) is 2.68. The van der Waals surface area contributed by atoms with E-state index in [1.807, 2.05) is 54.6 Å². The third kappa shape index (κ3) is 3.28. The van der Waals surface area contributed by atoms with E-state index in [9.17, 15) is 4.39 Å². The van der Waals surface area contributed by atoms with E-state index in [1.54, 1.807) is 18.2 Å². The Balaban J connectivity index is 2.09. The lowest BCUT2D eigenvalue weighted by Gasteiger charge is -2.12. The molecule has 0 spiro atoms. The molecule has 1 nitrogen and oxygen atoms in total. The number of halogens is 1. The van der Waals surface area contributed by atoms with Crippen molar-refractivity contribution in [1.29, 1.82) is 0 Å². The number of nitrogen functional groups attached to an aromatic ring is 1. The average molecular weight is 315 g/mol. The molecule has 0 amide bonds. The molecule has 3 aromatic rings. The van der Waals surface area contributed by atoms with Gasteiger partial charge in [-0.05, 0) is 40.5 Å². The maximum atomic E-state index is 13.2. The zero-order valence-electron chi connectivity index (χ0n) is 13.2. The van der Waals surface area contributed by atoms with Crippen LogP contribution in [0.5, 0.6) is 0 Å². The van der Waals surface area contributed by atoms with Crippen molar-refractivity contribution < 1.29 is 4.39 Å². The molecule has 2 N–H and O–H groups in total. The van der Waals surface area contributed by atoms with Gasteiger partial charge in [0.15, 0.2) is 0 Å². The molecule has 0 saturated carbocycles. The van der Waals surface area contributed by atoms with E-state index in [2.05, 4.69) is 6.58 Å². The summed E-state index contributed by atoms with van der Waals surface area (Å²) >= 11 is 0. The summed E-state index contributed by atoms with van der Waals surface area (Å²) in [6, 6.07) is 20.3. The molecular weight excluding hydrogens is 297 g/mol. The van der Waals surface area contributed by atoms with E-state index in [-0.39, 0.29) is 5.82 Å². The zero-order valence-corrected chi connectivity index (χ0v) is 13.2. The Morgan fingerprint density at radius 3 is 2.17 bits per heavy atom. The fraction of sp³-hybridized carbons (Fsp3) is 0. The van der Waals surface area contributed by atoms with Gasteiger partial charge in [-0.15, -0.1) is 0 Å². The van der Waals surface area contributed by atoms with Crippen LogP contribution in [-0.2, 0) is 0 Å². The molecule has 3 aromatic carbocycles. The van der Waals surface area contributed by atoms with Crippen molar-refractivity contribution in [2.45, 2.75) is 0 Å². The van der Waals surface area contributed by atoms with Gasteiger partial charge in [0.25, 0.3) is 0 Å². The van der Waals surface area contributed by atoms with Crippen molar-refractivity contribution in [3.63, 3.8) is 0 Å². The lowest BCUT2D eigenvalue weighted by molar-refractivity contribution is 0.628. The Hall–Kier alpha value is -3.13. The first-order valence-corrected chi connectivity index (χ1v) is 7.73. The molecule has 118 valence electrons. The van der Waals surface area contributed by atoms with E-state index in [4.69, 9.17) is 5.73 Å². The lowest BCUT2D eigenvalue weighted by atomic mass is 9.93. The Kier molecular flexibility index (Phi) is 4.57. The van der Waals surface area contributed by atoms with Crippen molar-refractivity contribution in [3.8, 4) is 11.1 Å². The van der Waals surface area contributed by atoms with Crippen LogP contribution >= 0.6 is 0 Å². The average Bonchev–Trinajstić information content (AvgIpc) is 2.62. The van der Waals surface area contributed by atoms with Gasteiger partial charge >= 0.3 is 0 Å².